The molecule has 1 atom stereocenters. The molecule has 1 aromatic heterocycles. The molecule has 2 aromatic carbocycles. The Morgan fingerprint density at radius 1 is 1.07 bits per heavy atom. The summed E-state index contributed by atoms with van der Waals surface area (Å²) in [7, 11) is 0. The number of furan rings is 1. The molecule has 1 aliphatic rings. The highest BCUT2D eigenvalue weighted by Gasteiger charge is 2.28. The normalized spacial score (nSPS) is 15.8. The number of carbonyl (C=O) groups excluding carboxylic acids is 1. The largest absolute Gasteiger partial charge is 0.459 e. The van der Waals surface area contributed by atoms with E-state index < -0.39 is 0 Å². The third-order valence-electron chi connectivity index (χ3n) is 4.57. The monoisotopic (exact) mass is 394 g/mol. The van der Waals surface area contributed by atoms with Crippen LogP contribution in [0.2, 0.25) is 5.02 Å². The van der Waals surface area contributed by atoms with Crippen LogP contribution in [0, 0.1) is 0 Å². The molecule has 1 amide bonds. The molecule has 0 saturated carbocycles. The van der Waals surface area contributed by atoms with Crippen LogP contribution < -0.4 is 0 Å². The predicted molar refractivity (Wildman–Crippen MR) is 107 cm³/mol. The molecule has 0 unspecified atom stereocenters. The Balaban J connectivity index is 1.47. The number of oxime groups is 1. The summed E-state index contributed by atoms with van der Waals surface area (Å²) in [5.41, 5.74) is 2.87. The molecule has 3 aromatic rings. The lowest BCUT2D eigenvalue weighted by molar-refractivity contribution is 0.0387. The first-order valence-corrected chi connectivity index (χ1v) is 9.42. The summed E-state index contributed by atoms with van der Waals surface area (Å²) < 4.78 is 5.31. The molecule has 6 heteroatoms. The summed E-state index contributed by atoms with van der Waals surface area (Å²) in [6.07, 6.45) is 1.91. The van der Waals surface area contributed by atoms with E-state index in [1.165, 1.54) is 6.26 Å². The van der Waals surface area contributed by atoms with Gasteiger partial charge in [0.25, 0.3) is 5.91 Å². The number of amides is 1. The van der Waals surface area contributed by atoms with E-state index in [2.05, 4.69) is 5.16 Å². The van der Waals surface area contributed by atoms with E-state index in [4.69, 9.17) is 20.9 Å². The van der Waals surface area contributed by atoms with Crippen LogP contribution in [0.1, 0.15) is 28.1 Å². The Hall–Kier alpha value is -3.05. The van der Waals surface area contributed by atoms with Crippen molar-refractivity contribution in [3.05, 3.63) is 94.9 Å². The van der Waals surface area contributed by atoms with Crippen molar-refractivity contribution in [2.24, 2.45) is 5.16 Å². The summed E-state index contributed by atoms with van der Waals surface area (Å²) in [5, 5.41) is 4.89. The van der Waals surface area contributed by atoms with Crippen molar-refractivity contribution in [2.45, 2.75) is 19.1 Å². The molecule has 142 valence electrons. The first-order chi connectivity index (χ1) is 13.7. The third kappa shape index (κ3) is 4.26. The van der Waals surface area contributed by atoms with Crippen LogP contribution in [-0.4, -0.2) is 29.2 Å². The van der Waals surface area contributed by atoms with Gasteiger partial charge in [-0.05, 0) is 35.4 Å². The van der Waals surface area contributed by atoms with Crippen LogP contribution in [-0.2, 0) is 11.4 Å². The molecule has 4 rings (SSSR count). The van der Waals surface area contributed by atoms with Gasteiger partial charge in [0.2, 0.25) is 0 Å². The van der Waals surface area contributed by atoms with Gasteiger partial charge in [0.05, 0.1) is 18.5 Å². The van der Waals surface area contributed by atoms with Crippen molar-refractivity contribution < 1.29 is 14.0 Å². The molecule has 5 nitrogen and oxygen atoms in total. The summed E-state index contributed by atoms with van der Waals surface area (Å²) in [6.45, 7) is 0.880. The van der Waals surface area contributed by atoms with Gasteiger partial charge in [0.15, 0.2) is 11.9 Å². The first-order valence-electron chi connectivity index (χ1n) is 9.04. The number of hydrogen-bond donors (Lipinski definition) is 0. The lowest BCUT2D eigenvalue weighted by Crippen LogP contribution is -2.37. The van der Waals surface area contributed by atoms with E-state index in [-0.39, 0.29) is 12.0 Å². The van der Waals surface area contributed by atoms with Gasteiger partial charge in [-0.15, -0.1) is 0 Å². The summed E-state index contributed by atoms with van der Waals surface area (Å²) in [5.74, 6) is 0.144. The maximum atomic E-state index is 12.9. The molecular formula is C22H19ClN2O3. The lowest BCUT2D eigenvalue weighted by Gasteiger charge is -2.24. The minimum absolute atomic E-state index is 0.169. The number of benzene rings is 2. The fourth-order valence-electron chi connectivity index (χ4n) is 3.16. The van der Waals surface area contributed by atoms with Crippen LogP contribution in [0.15, 0.2) is 82.6 Å². The lowest BCUT2D eigenvalue weighted by atomic mass is 10.0. The Morgan fingerprint density at radius 3 is 2.57 bits per heavy atom. The van der Waals surface area contributed by atoms with E-state index in [1.54, 1.807) is 17.0 Å². The highest BCUT2D eigenvalue weighted by molar-refractivity contribution is 6.30. The van der Waals surface area contributed by atoms with Crippen molar-refractivity contribution in [3.8, 4) is 0 Å². The highest BCUT2D eigenvalue weighted by atomic mass is 35.5. The van der Waals surface area contributed by atoms with Gasteiger partial charge in [-0.2, -0.15) is 0 Å². The van der Waals surface area contributed by atoms with Crippen LogP contribution in [0.3, 0.4) is 0 Å². The number of rotatable bonds is 6. The average molecular weight is 395 g/mol. The second-order valence-corrected chi connectivity index (χ2v) is 7.06. The standard InChI is InChI=1S/C22H19ClN2O3/c23-18-10-8-17(9-11-18)20-13-19(28-24-20)15-25(14-16-5-2-1-3-6-16)22(26)21-7-4-12-27-21/h1-12,19H,13-15H2/t19-/m0/s1. The quantitative estimate of drug-likeness (QED) is 0.605. The molecule has 0 fully saturated rings. The van der Waals surface area contributed by atoms with Crippen LogP contribution in [0.25, 0.3) is 0 Å². The Morgan fingerprint density at radius 2 is 1.86 bits per heavy atom. The van der Waals surface area contributed by atoms with Gasteiger partial charge >= 0.3 is 0 Å². The smallest absolute Gasteiger partial charge is 0.289 e. The minimum Gasteiger partial charge on any atom is -0.459 e. The fraction of sp³-hybridized carbons (Fsp3) is 0.182. The van der Waals surface area contributed by atoms with Crippen molar-refractivity contribution in [1.29, 1.82) is 0 Å². The second-order valence-electron chi connectivity index (χ2n) is 6.62. The van der Waals surface area contributed by atoms with Crippen molar-refractivity contribution in [2.75, 3.05) is 6.54 Å². The van der Waals surface area contributed by atoms with E-state index in [0.29, 0.717) is 30.3 Å². The molecule has 0 spiro atoms. The van der Waals surface area contributed by atoms with Gasteiger partial charge in [-0.3, -0.25) is 4.79 Å². The molecule has 0 radical (unpaired) electrons. The van der Waals surface area contributed by atoms with Gasteiger partial charge in [-0.1, -0.05) is 59.2 Å². The topological polar surface area (TPSA) is 55.0 Å². The molecule has 0 N–H and O–H groups in total. The van der Waals surface area contributed by atoms with E-state index in [1.807, 2.05) is 54.6 Å². The zero-order chi connectivity index (χ0) is 19.3. The fourth-order valence-corrected chi connectivity index (χ4v) is 3.29. The average Bonchev–Trinajstić information content (AvgIpc) is 3.41. The minimum atomic E-state index is -0.215. The summed E-state index contributed by atoms with van der Waals surface area (Å²) in [6, 6.07) is 20.7. The van der Waals surface area contributed by atoms with Crippen LogP contribution >= 0.6 is 11.6 Å². The van der Waals surface area contributed by atoms with Crippen LogP contribution in [0.4, 0.5) is 0 Å². The molecule has 0 aliphatic carbocycles. The number of hydrogen-bond acceptors (Lipinski definition) is 4. The third-order valence-corrected chi connectivity index (χ3v) is 4.82. The maximum absolute atomic E-state index is 12.9. The Labute approximate surface area is 168 Å². The SMILES string of the molecule is O=C(c1ccco1)N(Cc1ccccc1)C[C@@H]1CC(c2ccc(Cl)cc2)=NO1. The Bertz CT molecular complexity index is 953. The van der Waals surface area contributed by atoms with Crippen molar-refractivity contribution in [1.82, 2.24) is 4.90 Å². The highest BCUT2D eigenvalue weighted by Crippen LogP contribution is 2.21. The van der Waals surface area contributed by atoms with Gasteiger partial charge in [0.1, 0.15) is 0 Å². The Kier molecular flexibility index (Phi) is 5.44. The van der Waals surface area contributed by atoms with Crippen LogP contribution in [0.5, 0.6) is 0 Å². The molecule has 2 heterocycles. The zero-order valence-corrected chi connectivity index (χ0v) is 15.9. The van der Waals surface area contributed by atoms with Gasteiger partial charge < -0.3 is 14.2 Å². The van der Waals surface area contributed by atoms with E-state index in [0.717, 1.165) is 16.8 Å². The number of nitrogens with zero attached hydrogens (tertiary/aromatic N) is 2. The number of carbonyl (C=O) groups is 1. The molecular weight excluding hydrogens is 376 g/mol. The molecule has 0 bridgehead atoms. The van der Waals surface area contributed by atoms with Gasteiger partial charge in [-0.25, -0.2) is 0 Å². The van der Waals surface area contributed by atoms with E-state index >= 15 is 0 Å². The molecule has 0 saturated heterocycles. The molecule has 28 heavy (non-hydrogen) atoms. The van der Waals surface area contributed by atoms with E-state index in [9.17, 15) is 4.79 Å². The van der Waals surface area contributed by atoms with Crippen molar-refractivity contribution >= 4 is 23.2 Å². The second kappa shape index (κ2) is 8.31. The number of halogens is 1. The summed E-state index contributed by atoms with van der Waals surface area (Å²) >= 11 is 5.95. The first kappa shape index (κ1) is 18.3. The predicted octanol–water partition coefficient (Wildman–Crippen LogP) is 4.77. The molecule has 1 aliphatic heterocycles. The zero-order valence-electron chi connectivity index (χ0n) is 15.1. The summed E-state index contributed by atoms with van der Waals surface area (Å²) in [4.78, 5) is 20.3. The van der Waals surface area contributed by atoms with Gasteiger partial charge in [0, 0.05) is 18.0 Å². The van der Waals surface area contributed by atoms with Crippen molar-refractivity contribution in [3.63, 3.8) is 0 Å². The maximum Gasteiger partial charge on any atom is 0.289 e.